The maximum absolute atomic E-state index is 12.6. The van der Waals surface area contributed by atoms with Crippen LogP contribution in [0.3, 0.4) is 0 Å². The van der Waals surface area contributed by atoms with E-state index in [0.29, 0.717) is 19.7 Å². The van der Waals surface area contributed by atoms with E-state index in [0.717, 1.165) is 23.4 Å². The maximum atomic E-state index is 12.6. The van der Waals surface area contributed by atoms with E-state index in [9.17, 15) is 18.0 Å². The second-order valence-electron chi connectivity index (χ2n) is 6.99. The monoisotopic (exact) mass is 362 g/mol. The van der Waals surface area contributed by atoms with Crippen molar-refractivity contribution in [2.45, 2.75) is 32.8 Å². The molecule has 1 amide bonds. The molecule has 1 aliphatic heterocycles. The summed E-state index contributed by atoms with van der Waals surface area (Å²) in [5.74, 6) is -1.09. The molecule has 3 atom stereocenters. The standard InChI is InChI=1S/C15H26N2O6S/c1-4-15(2)7-12(15)14(20)16-5-6-23-11(8-16)9-17(10-13(18)19)24(3,21)22/h11-12H,4-10H2,1-3H3,(H,18,19). The number of carbonyl (C=O) groups excluding carboxylic acids is 1. The first-order chi connectivity index (χ1) is 11.1. The minimum atomic E-state index is -3.65. The van der Waals surface area contributed by atoms with Crippen molar-refractivity contribution in [3.8, 4) is 0 Å². The van der Waals surface area contributed by atoms with Crippen molar-refractivity contribution >= 4 is 21.9 Å². The molecule has 2 rings (SSSR count). The lowest BCUT2D eigenvalue weighted by Crippen LogP contribution is -2.51. The van der Waals surface area contributed by atoms with Gasteiger partial charge < -0.3 is 14.7 Å². The third kappa shape index (κ3) is 4.46. The molecule has 8 nitrogen and oxygen atoms in total. The molecule has 2 aliphatic rings. The number of carboxylic acids is 1. The number of ether oxygens (including phenoxy) is 1. The highest BCUT2D eigenvalue weighted by molar-refractivity contribution is 7.88. The van der Waals surface area contributed by atoms with Crippen LogP contribution in [0.1, 0.15) is 26.7 Å². The molecule has 138 valence electrons. The van der Waals surface area contributed by atoms with Gasteiger partial charge in [0.15, 0.2) is 0 Å². The first-order valence-electron chi connectivity index (χ1n) is 8.14. The molecule has 1 aliphatic carbocycles. The van der Waals surface area contributed by atoms with Gasteiger partial charge in [-0.25, -0.2) is 8.42 Å². The number of carbonyl (C=O) groups is 2. The van der Waals surface area contributed by atoms with Crippen molar-refractivity contribution < 1.29 is 27.9 Å². The van der Waals surface area contributed by atoms with Gasteiger partial charge in [-0.3, -0.25) is 9.59 Å². The summed E-state index contributed by atoms with van der Waals surface area (Å²) in [6.45, 7) is 4.62. The van der Waals surface area contributed by atoms with E-state index >= 15 is 0 Å². The second-order valence-corrected chi connectivity index (χ2v) is 8.97. The van der Waals surface area contributed by atoms with E-state index < -0.39 is 28.6 Å². The maximum Gasteiger partial charge on any atom is 0.318 e. The Morgan fingerprint density at radius 2 is 2.08 bits per heavy atom. The molecule has 24 heavy (non-hydrogen) atoms. The third-order valence-electron chi connectivity index (χ3n) is 5.10. The first kappa shape index (κ1) is 19.1. The Labute approximate surface area is 142 Å². The lowest BCUT2D eigenvalue weighted by atomic mass is 10.0. The Bertz CT molecular complexity index is 607. The zero-order valence-corrected chi connectivity index (χ0v) is 15.2. The molecule has 1 saturated heterocycles. The van der Waals surface area contributed by atoms with Crippen molar-refractivity contribution in [2.75, 3.05) is 39.0 Å². The normalized spacial score (nSPS) is 30.4. The van der Waals surface area contributed by atoms with Crippen LogP contribution < -0.4 is 0 Å². The highest BCUT2D eigenvalue weighted by Gasteiger charge is 2.54. The molecule has 1 heterocycles. The number of rotatable bonds is 7. The van der Waals surface area contributed by atoms with Crippen LogP contribution in [0, 0.1) is 11.3 Å². The summed E-state index contributed by atoms with van der Waals surface area (Å²) < 4.78 is 29.9. The van der Waals surface area contributed by atoms with Crippen molar-refractivity contribution in [2.24, 2.45) is 11.3 Å². The van der Waals surface area contributed by atoms with Crippen LogP contribution in [0.15, 0.2) is 0 Å². The average molecular weight is 362 g/mol. The Balaban J connectivity index is 1.97. The van der Waals surface area contributed by atoms with Crippen LogP contribution in [0.4, 0.5) is 0 Å². The minimum absolute atomic E-state index is 0.0336. The molecule has 3 unspecified atom stereocenters. The number of carboxylic acid groups (broad SMARTS) is 1. The SMILES string of the molecule is CCC1(C)CC1C(=O)N1CCOC(CN(CC(=O)O)S(C)(=O)=O)C1. The summed E-state index contributed by atoms with van der Waals surface area (Å²) in [6.07, 6.45) is 2.30. The number of aliphatic carboxylic acids is 1. The quantitative estimate of drug-likeness (QED) is 0.683. The van der Waals surface area contributed by atoms with Crippen LogP contribution in [-0.2, 0) is 24.3 Å². The fraction of sp³-hybridized carbons (Fsp3) is 0.867. The minimum Gasteiger partial charge on any atom is -0.480 e. The summed E-state index contributed by atoms with van der Waals surface area (Å²) in [5.41, 5.74) is 0.0764. The fourth-order valence-electron chi connectivity index (χ4n) is 3.13. The molecule has 1 saturated carbocycles. The number of hydrogen-bond donors (Lipinski definition) is 1. The van der Waals surface area contributed by atoms with Crippen molar-refractivity contribution in [3.63, 3.8) is 0 Å². The lowest BCUT2D eigenvalue weighted by molar-refractivity contribution is -0.142. The van der Waals surface area contributed by atoms with Crippen molar-refractivity contribution in [1.29, 1.82) is 0 Å². The number of amides is 1. The van der Waals surface area contributed by atoms with Gasteiger partial charge in [-0.05, 0) is 18.3 Å². The first-order valence-corrected chi connectivity index (χ1v) is 9.99. The molecular weight excluding hydrogens is 336 g/mol. The van der Waals surface area contributed by atoms with Gasteiger partial charge in [0.25, 0.3) is 0 Å². The molecule has 2 fully saturated rings. The molecule has 0 aromatic rings. The number of sulfonamides is 1. The highest BCUT2D eigenvalue weighted by Crippen LogP contribution is 2.55. The number of hydrogen-bond acceptors (Lipinski definition) is 5. The Kier molecular flexibility index (Phi) is 5.56. The number of morpholine rings is 1. The van der Waals surface area contributed by atoms with Crippen LogP contribution in [0.2, 0.25) is 0 Å². The van der Waals surface area contributed by atoms with Gasteiger partial charge in [-0.1, -0.05) is 13.8 Å². The average Bonchev–Trinajstić information content (AvgIpc) is 3.17. The Morgan fingerprint density at radius 1 is 1.42 bits per heavy atom. The van der Waals surface area contributed by atoms with Crippen molar-refractivity contribution in [3.05, 3.63) is 0 Å². The van der Waals surface area contributed by atoms with E-state index in [4.69, 9.17) is 9.84 Å². The fourth-order valence-corrected chi connectivity index (χ4v) is 3.91. The summed E-state index contributed by atoms with van der Waals surface area (Å²) in [7, 11) is -3.65. The largest absolute Gasteiger partial charge is 0.480 e. The molecule has 0 aromatic heterocycles. The van der Waals surface area contributed by atoms with E-state index in [1.54, 1.807) is 4.90 Å². The highest BCUT2D eigenvalue weighted by atomic mass is 32.2. The van der Waals surface area contributed by atoms with Crippen molar-refractivity contribution in [1.82, 2.24) is 9.21 Å². The van der Waals surface area contributed by atoms with Gasteiger partial charge in [-0.2, -0.15) is 4.31 Å². The van der Waals surface area contributed by atoms with Crippen LogP contribution in [0.25, 0.3) is 0 Å². The summed E-state index contributed by atoms with van der Waals surface area (Å²) >= 11 is 0. The molecule has 0 aromatic carbocycles. The van der Waals surface area contributed by atoms with Crippen LogP contribution in [-0.4, -0.2) is 79.8 Å². The van der Waals surface area contributed by atoms with E-state index in [1.807, 2.05) is 0 Å². The van der Waals surface area contributed by atoms with Gasteiger partial charge in [0.2, 0.25) is 15.9 Å². The zero-order chi connectivity index (χ0) is 18.1. The molecule has 1 N–H and O–H groups in total. The molecule has 9 heteroatoms. The predicted molar refractivity (Wildman–Crippen MR) is 86.9 cm³/mol. The van der Waals surface area contributed by atoms with Gasteiger partial charge in [-0.15, -0.1) is 0 Å². The van der Waals surface area contributed by atoms with Gasteiger partial charge in [0.1, 0.15) is 6.54 Å². The predicted octanol–water partition coefficient (Wildman–Crippen LogP) is -0.00380. The van der Waals surface area contributed by atoms with Gasteiger partial charge >= 0.3 is 5.97 Å². The summed E-state index contributed by atoms with van der Waals surface area (Å²) in [5, 5.41) is 8.87. The zero-order valence-electron chi connectivity index (χ0n) is 14.4. The van der Waals surface area contributed by atoms with E-state index in [2.05, 4.69) is 13.8 Å². The Morgan fingerprint density at radius 3 is 2.58 bits per heavy atom. The summed E-state index contributed by atoms with van der Waals surface area (Å²) in [4.78, 5) is 25.2. The second kappa shape index (κ2) is 6.97. The summed E-state index contributed by atoms with van der Waals surface area (Å²) in [6, 6.07) is 0. The molecule has 0 bridgehead atoms. The lowest BCUT2D eigenvalue weighted by Gasteiger charge is -2.35. The van der Waals surface area contributed by atoms with E-state index in [-0.39, 0.29) is 23.8 Å². The van der Waals surface area contributed by atoms with E-state index in [1.165, 1.54) is 0 Å². The molecule has 0 radical (unpaired) electrons. The third-order valence-corrected chi connectivity index (χ3v) is 6.31. The van der Waals surface area contributed by atoms with Crippen LogP contribution in [0.5, 0.6) is 0 Å². The number of nitrogens with zero attached hydrogens (tertiary/aromatic N) is 2. The smallest absolute Gasteiger partial charge is 0.318 e. The van der Waals surface area contributed by atoms with Crippen LogP contribution >= 0.6 is 0 Å². The van der Waals surface area contributed by atoms with Gasteiger partial charge in [0, 0.05) is 25.6 Å². The molecule has 0 spiro atoms. The topological polar surface area (TPSA) is 104 Å². The Hall–Kier alpha value is -1.19. The van der Waals surface area contributed by atoms with Gasteiger partial charge in [0.05, 0.1) is 19.0 Å². The molecular formula is C15H26N2O6S.